The van der Waals surface area contributed by atoms with Crippen molar-refractivity contribution < 1.29 is 4.39 Å². The SMILES string of the molecule is CC1CN=C(NCCc2cccc(F)c2)N1. The van der Waals surface area contributed by atoms with Crippen LogP contribution in [0.3, 0.4) is 0 Å². The number of nitrogens with zero attached hydrogens (tertiary/aromatic N) is 1. The van der Waals surface area contributed by atoms with E-state index < -0.39 is 0 Å². The average molecular weight is 221 g/mol. The van der Waals surface area contributed by atoms with Gasteiger partial charge in [-0.25, -0.2) is 4.39 Å². The summed E-state index contributed by atoms with van der Waals surface area (Å²) in [6.45, 7) is 3.68. The van der Waals surface area contributed by atoms with Crippen molar-refractivity contribution in [1.29, 1.82) is 0 Å². The zero-order valence-electron chi connectivity index (χ0n) is 9.33. The van der Waals surface area contributed by atoms with Gasteiger partial charge in [0.05, 0.1) is 6.54 Å². The Morgan fingerprint density at radius 1 is 1.56 bits per heavy atom. The molecule has 1 aliphatic heterocycles. The lowest BCUT2D eigenvalue weighted by Gasteiger charge is -2.08. The number of hydrogen-bond acceptors (Lipinski definition) is 3. The van der Waals surface area contributed by atoms with Crippen molar-refractivity contribution in [3.63, 3.8) is 0 Å². The summed E-state index contributed by atoms with van der Waals surface area (Å²) >= 11 is 0. The monoisotopic (exact) mass is 221 g/mol. The largest absolute Gasteiger partial charge is 0.356 e. The van der Waals surface area contributed by atoms with Crippen molar-refractivity contribution >= 4 is 5.96 Å². The third-order valence-corrected chi connectivity index (χ3v) is 2.50. The smallest absolute Gasteiger partial charge is 0.191 e. The molecule has 0 aliphatic carbocycles. The highest BCUT2D eigenvalue weighted by atomic mass is 19.1. The molecule has 0 aromatic heterocycles. The Kier molecular flexibility index (Phi) is 3.39. The summed E-state index contributed by atoms with van der Waals surface area (Å²) in [5.41, 5.74) is 0.999. The molecule has 16 heavy (non-hydrogen) atoms. The molecule has 0 fully saturated rings. The van der Waals surface area contributed by atoms with Gasteiger partial charge < -0.3 is 10.6 Å². The lowest BCUT2D eigenvalue weighted by atomic mass is 10.1. The summed E-state index contributed by atoms with van der Waals surface area (Å²) in [7, 11) is 0. The van der Waals surface area contributed by atoms with Gasteiger partial charge in [-0.05, 0) is 31.0 Å². The Labute approximate surface area is 94.8 Å². The molecule has 0 radical (unpaired) electrons. The van der Waals surface area contributed by atoms with Crippen LogP contribution in [0, 0.1) is 5.82 Å². The molecule has 1 unspecified atom stereocenters. The second-order valence-electron chi connectivity index (χ2n) is 4.04. The normalized spacial score (nSPS) is 19.1. The summed E-state index contributed by atoms with van der Waals surface area (Å²) in [5, 5.41) is 6.41. The van der Waals surface area contributed by atoms with Crippen LogP contribution in [-0.4, -0.2) is 25.1 Å². The highest BCUT2D eigenvalue weighted by Gasteiger charge is 2.10. The zero-order valence-corrected chi connectivity index (χ0v) is 9.33. The number of aliphatic imine (C=N–C) groups is 1. The minimum atomic E-state index is -0.178. The van der Waals surface area contributed by atoms with Crippen LogP contribution in [-0.2, 0) is 6.42 Å². The van der Waals surface area contributed by atoms with Gasteiger partial charge in [0.2, 0.25) is 0 Å². The molecule has 2 rings (SSSR count). The van der Waals surface area contributed by atoms with Crippen molar-refractivity contribution in [2.24, 2.45) is 4.99 Å². The van der Waals surface area contributed by atoms with Crippen molar-refractivity contribution in [2.45, 2.75) is 19.4 Å². The van der Waals surface area contributed by atoms with Crippen LogP contribution in [0.2, 0.25) is 0 Å². The molecular weight excluding hydrogens is 205 g/mol. The Morgan fingerprint density at radius 3 is 3.12 bits per heavy atom. The lowest BCUT2D eigenvalue weighted by Crippen LogP contribution is -2.38. The number of guanidine groups is 1. The van der Waals surface area contributed by atoms with Crippen LogP contribution in [0.25, 0.3) is 0 Å². The van der Waals surface area contributed by atoms with Gasteiger partial charge in [-0.15, -0.1) is 0 Å². The van der Waals surface area contributed by atoms with Gasteiger partial charge in [0.15, 0.2) is 5.96 Å². The number of halogens is 1. The van der Waals surface area contributed by atoms with Crippen LogP contribution >= 0.6 is 0 Å². The highest BCUT2D eigenvalue weighted by Crippen LogP contribution is 2.03. The molecule has 1 aromatic carbocycles. The number of benzene rings is 1. The lowest BCUT2D eigenvalue weighted by molar-refractivity contribution is 0.625. The number of hydrogen-bond donors (Lipinski definition) is 2. The van der Waals surface area contributed by atoms with Gasteiger partial charge in [-0.2, -0.15) is 0 Å². The fourth-order valence-corrected chi connectivity index (χ4v) is 1.68. The maximum absolute atomic E-state index is 12.9. The summed E-state index contributed by atoms with van der Waals surface area (Å²) in [6.07, 6.45) is 0.798. The van der Waals surface area contributed by atoms with Crippen molar-refractivity contribution in [3.8, 4) is 0 Å². The van der Waals surface area contributed by atoms with E-state index in [1.165, 1.54) is 6.07 Å². The highest BCUT2D eigenvalue weighted by molar-refractivity contribution is 5.81. The van der Waals surface area contributed by atoms with Gasteiger partial charge in [0, 0.05) is 12.6 Å². The van der Waals surface area contributed by atoms with E-state index in [4.69, 9.17) is 0 Å². The predicted molar refractivity (Wildman–Crippen MR) is 63.0 cm³/mol. The maximum Gasteiger partial charge on any atom is 0.191 e. The van der Waals surface area contributed by atoms with Crippen LogP contribution < -0.4 is 10.6 Å². The molecule has 1 aliphatic rings. The minimum Gasteiger partial charge on any atom is -0.356 e. The van der Waals surface area contributed by atoms with Gasteiger partial charge in [0.1, 0.15) is 5.82 Å². The molecule has 1 aromatic rings. The molecule has 2 N–H and O–H groups in total. The summed E-state index contributed by atoms with van der Waals surface area (Å²) in [5.74, 6) is 0.673. The molecule has 4 heteroatoms. The van der Waals surface area contributed by atoms with E-state index in [0.717, 1.165) is 31.0 Å². The average Bonchev–Trinajstić information content (AvgIpc) is 2.64. The fourth-order valence-electron chi connectivity index (χ4n) is 1.68. The molecule has 1 heterocycles. The van der Waals surface area contributed by atoms with E-state index in [9.17, 15) is 4.39 Å². The fraction of sp³-hybridized carbons (Fsp3) is 0.417. The third kappa shape index (κ3) is 2.95. The molecule has 0 bridgehead atoms. The van der Waals surface area contributed by atoms with E-state index in [1.54, 1.807) is 12.1 Å². The first-order chi connectivity index (χ1) is 7.74. The second kappa shape index (κ2) is 4.96. The standard InChI is InChI=1S/C12H16FN3/c1-9-8-15-12(16-9)14-6-5-10-3-2-4-11(13)7-10/h2-4,7,9H,5-6,8H2,1H3,(H2,14,15,16). The van der Waals surface area contributed by atoms with Crippen molar-refractivity contribution in [2.75, 3.05) is 13.1 Å². The Balaban J connectivity index is 1.76. The molecule has 1 atom stereocenters. The van der Waals surface area contributed by atoms with Gasteiger partial charge in [-0.1, -0.05) is 12.1 Å². The molecule has 0 spiro atoms. The van der Waals surface area contributed by atoms with E-state index in [1.807, 2.05) is 6.07 Å². The van der Waals surface area contributed by atoms with Crippen LogP contribution in [0.1, 0.15) is 12.5 Å². The minimum absolute atomic E-state index is 0.178. The first-order valence-corrected chi connectivity index (χ1v) is 5.53. The molecule has 86 valence electrons. The number of nitrogens with one attached hydrogen (secondary N) is 2. The van der Waals surface area contributed by atoms with E-state index in [-0.39, 0.29) is 5.82 Å². The van der Waals surface area contributed by atoms with E-state index in [2.05, 4.69) is 22.5 Å². The third-order valence-electron chi connectivity index (χ3n) is 2.50. The van der Waals surface area contributed by atoms with E-state index in [0.29, 0.717) is 6.04 Å². The van der Waals surface area contributed by atoms with Gasteiger partial charge >= 0.3 is 0 Å². The van der Waals surface area contributed by atoms with Gasteiger partial charge in [-0.3, -0.25) is 4.99 Å². The molecule has 0 saturated carbocycles. The second-order valence-corrected chi connectivity index (χ2v) is 4.04. The van der Waals surface area contributed by atoms with Crippen LogP contribution in [0.5, 0.6) is 0 Å². The van der Waals surface area contributed by atoms with Crippen molar-refractivity contribution in [3.05, 3.63) is 35.6 Å². The molecule has 0 saturated heterocycles. The Bertz CT molecular complexity index is 390. The Hall–Kier alpha value is -1.58. The topological polar surface area (TPSA) is 36.4 Å². The molecule has 0 amide bonds. The maximum atomic E-state index is 12.9. The Morgan fingerprint density at radius 2 is 2.44 bits per heavy atom. The van der Waals surface area contributed by atoms with Crippen LogP contribution in [0.15, 0.2) is 29.3 Å². The summed E-state index contributed by atoms with van der Waals surface area (Å²) < 4.78 is 12.9. The first kappa shape index (κ1) is 10.9. The quantitative estimate of drug-likeness (QED) is 0.807. The molecular formula is C12H16FN3. The van der Waals surface area contributed by atoms with E-state index >= 15 is 0 Å². The van der Waals surface area contributed by atoms with Crippen molar-refractivity contribution in [1.82, 2.24) is 10.6 Å². The van der Waals surface area contributed by atoms with Gasteiger partial charge in [0.25, 0.3) is 0 Å². The molecule has 3 nitrogen and oxygen atoms in total. The summed E-state index contributed by atoms with van der Waals surface area (Å²) in [4.78, 5) is 4.29. The zero-order chi connectivity index (χ0) is 11.4. The number of rotatable bonds is 3. The first-order valence-electron chi connectivity index (χ1n) is 5.53. The van der Waals surface area contributed by atoms with Crippen LogP contribution in [0.4, 0.5) is 4.39 Å². The predicted octanol–water partition coefficient (Wildman–Crippen LogP) is 1.31. The summed E-state index contributed by atoms with van der Waals surface area (Å²) in [6, 6.07) is 7.10.